The average Bonchev–Trinajstić information content (AvgIpc) is 2.31. The van der Waals surface area contributed by atoms with Crippen molar-refractivity contribution in [1.29, 1.82) is 0 Å². The Morgan fingerprint density at radius 1 is 1.44 bits per heavy atom. The molecule has 4 heteroatoms. The van der Waals surface area contributed by atoms with Gasteiger partial charge < -0.3 is 15.2 Å². The Morgan fingerprint density at radius 3 is 2.88 bits per heavy atom. The van der Waals surface area contributed by atoms with E-state index in [9.17, 15) is 5.11 Å². The van der Waals surface area contributed by atoms with E-state index in [1.54, 1.807) is 7.11 Å². The van der Waals surface area contributed by atoms with Gasteiger partial charge in [-0.1, -0.05) is 12.5 Å². The molecule has 1 aliphatic rings. The number of hydrogen-bond donors (Lipinski definition) is 2. The summed E-state index contributed by atoms with van der Waals surface area (Å²) in [5, 5.41) is 13.5. The summed E-state index contributed by atoms with van der Waals surface area (Å²) in [5.41, 5.74) is 0.930. The lowest BCUT2D eigenvalue weighted by atomic mass is 9.96. The Labute approximate surface area is 104 Å². The molecule has 0 bridgehead atoms. The molecule has 3 nitrogen and oxygen atoms in total. The van der Waals surface area contributed by atoms with Gasteiger partial charge in [-0.05, 0) is 41.4 Å². The number of phenolic OH excluding ortho intramolecular Hbond substituents is 1. The first kappa shape index (κ1) is 11.7. The van der Waals surface area contributed by atoms with Crippen molar-refractivity contribution < 1.29 is 9.84 Å². The van der Waals surface area contributed by atoms with Gasteiger partial charge in [0.2, 0.25) is 0 Å². The molecule has 1 heterocycles. The zero-order chi connectivity index (χ0) is 11.5. The lowest BCUT2D eigenvalue weighted by Crippen LogP contribution is -2.26. The standard InChI is InChI=1S/C12H16BrNO2/c1-16-12-9(13)6-5-8(11(12)15)10-4-2-3-7-14-10/h5-6,10,14-15H,2-4,7H2,1H3. The molecular formula is C12H16BrNO2. The second-order valence-corrected chi connectivity index (χ2v) is 4.88. The van der Waals surface area contributed by atoms with E-state index in [-0.39, 0.29) is 11.8 Å². The van der Waals surface area contributed by atoms with Crippen LogP contribution in [0.3, 0.4) is 0 Å². The van der Waals surface area contributed by atoms with Gasteiger partial charge in [-0.25, -0.2) is 0 Å². The highest BCUT2D eigenvalue weighted by molar-refractivity contribution is 9.10. The molecule has 0 radical (unpaired) electrons. The lowest BCUT2D eigenvalue weighted by Gasteiger charge is -2.25. The van der Waals surface area contributed by atoms with Crippen LogP contribution < -0.4 is 10.1 Å². The number of piperidine rings is 1. The third-order valence-electron chi connectivity index (χ3n) is 3.00. The first-order chi connectivity index (χ1) is 7.74. The molecule has 1 aromatic carbocycles. The minimum Gasteiger partial charge on any atom is -0.504 e. The third-order valence-corrected chi connectivity index (χ3v) is 3.63. The normalized spacial score (nSPS) is 20.8. The number of benzene rings is 1. The Kier molecular flexibility index (Phi) is 3.71. The van der Waals surface area contributed by atoms with Crippen molar-refractivity contribution in [2.75, 3.05) is 13.7 Å². The average molecular weight is 286 g/mol. The minimum absolute atomic E-state index is 0.246. The maximum atomic E-state index is 10.1. The predicted molar refractivity (Wildman–Crippen MR) is 67.0 cm³/mol. The highest BCUT2D eigenvalue weighted by atomic mass is 79.9. The van der Waals surface area contributed by atoms with Crippen LogP contribution in [0.5, 0.6) is 11.5 Å². The highest BCUT2D eigenvalue weighted by Gasteiger charge is 2.21. The molecule has 88 valence electrons. The van der Waals surface area contributed by atoms with E-state index in [2.05, 4.69) is 21.2 Å². The fraction of sp³-hybridized carbons (Fsp3) is 0.500. The number of ether oxygens (including phenoxy) is 1. The predicted octanol–water partition coefficient (Wildman–Crippen LogP) is 2.98. The zero-order valence-electron chi connectivity index (χ0n) is 9.29. The molecule has 0 aromatic heterocycles. The van der Waals surface area contributed by atoms with Gasteiger partial charge in [0.1, 0.15) is 0 Å². The van der Waals surface area contributed by atoms with Crippen molar-refractivity contribution in [3.63, 3.8) is 0 Å². The summed E-state index contributed by atoms with van der Waals surface area (Å²) in [6.07, 6.45) is 3.48. The van der Waals surface area contributed by atoms with Crippen molar-refractivity contribution in [3.8, 4) is 11.5 Å². The quantitative estimate of drug-likeness (QED) is 0.878. The first-order valence-electron chi connectivity index (χ1n) is 5.52. The van der Waals surface area contributed by atoms with Gasteiger partial charge in [-0.3, -0.25) is 0 Å². The van der Waals surface area contributed by atoms with E-state index in [0.717, 1.165) is 23.0 Å². The van der Waals surface area contributed by atoms with Gasteiger partial charge in [-0.15, -0.1) is 0 Å². The minimum atomic E-state index is 0.246. The summed E-state index contributed by atoms with van der Waals surface area (Å²) in [6.45, 7) is 1.02. The Morgan fingerprint density at radius 2 is 2.25 bits per heavy atom. The Bertz CT molecular complexity index is 376. The van der Waals surface area contributed by atoms with Crippen LogP contribution in [0.15, 0.2) is 16.6 Å². The maximum absolute atomic E-state index is 10.1. The van der Waals surface area contributed by atoms with Crippen molar-refractivity contribution in [1.82, 2.24) is 5.32 Å². The molecule has 0 aliphatic carbocycles. The van der Waals surface area contributed by atoms with Crippen LogP contribution in [0.4, 0.5) is 0 Å². The molecule has 0 saturated carbocycles. The van der Waals surface area contributed by atoms with E-state index in [0.29, 0.717) is 5.75 Å². The number of aromatic hydroxyl groups is 1. The van der Waals surface area contributed by atoms with E-state index in [1.807, 2.05) is 12.1 Å². The molecule has 0 spiro atoms. The summed E-state index contributed by atoms with van der Waals surface area (Å²) in [4.78, 5) is 0. The topological polar surface area (TPSA) is 41.5 Å². The molecule has 1 saturated heterocycles. The van der Waals surface area contributed by atoms with Gasteiger partial charge in [0, 0.05) is 11.6 Å². The number of hydrogen-bond acceptors (Lipinski definition) is 3. The second-order valence-electron chi connectivity index (χ2n) is 4.02. The Balaban J connectivity index is 2.33. The molecule has 1 fully saturated rings. The fourth-order valence-electron chi connectivity index (χ4n) is 2.15. The molecular weight excluding hydrogens is 270 g/mol. The third kappa shape index (κ3) is 2.18. The maximum Gasteiger partial charge on any atom is 0.175 e. The van der Waals surface area contributed by atoms with Crippen LogP contribution in [0, 0.1) is 0 Å². The van der Waals surface area contributed by atoms with Crippen molar-refractivity contribution >= 4 is 15.9 Å². The van der Waals surface area contributed by atoms with Crippen molar-refractivity contribution in [2.45, 2.75) is 25.3 Å². The van der Waals surface area contributed by atoms with E-state index in [4.69, 9.17) is 4.74 Å². The summed E-state index contributed by atoms with van der Waals surface area (Å²) >= 11 is 3.36. The molecule has 1 unspecified atom stereocenters. The van der Waals surface area contributed by atoms with E-state index >= 15 is 0 Å². The fourth-order valence-corrected chi connectivity index (χ4v) is 2.64. The number of halogens is 1. The highest BCUT2D eigenvalue weighted by Crippen LogP contribution is 2.41. The molecule has 16 heavy (non-hydrogen) atoms. The van der Waals surface area contributed by atoms with E-state index < -0.39 is 0 Å². The molecule has 0 amide bonds. The summed E-state index contributed by atoms with van der Waals surface area (Å²) in [7, 11) is 1.57. The SMILES string of the molecule is COc1c(Br)ccc(C2CCCCN2)c1O. The first-order valence-corrected chi connectivity index (χ1v) is 6.32. The molecule has 1 aromatic rings. The number of methoxy groups -OCH3 is 1. The van der Waals surface area contributed by atoms with Crippen LogP contribution in [0.1, 0.15) is 30.9 Å². The molecule has 2 rings (SSSR count). The summed E-state index contributed by atoms with van der Waals surface area (Å²) in [6, 6.07) is 4.12. The smallest absolute Gasteiger partial charge is 0.175 e. The van der Waals surface area contributed by atoms with E-state index in [1.165, 1.54) is 12.8 Å². The number of rotatable bonds is 2. The van der Waals surface area contributed by atoms with Gasteiger partial charge >= 0.3 is 0 Å². The van der Waals surface area contributed by atoms with Crippen molar-refractivity contribution in [2.24, 2.45) is 0 Å². The largest absolute Gasteiger partial charge is 0.504 e. The van der Waals surface area contributed by atoms with Gasteiger partial charge in [-0.2, -0.15) is 0 Å². The van der Waals surface area contributed by atoms with Gasteiger partial charge in [0.25, 0.3) is 0 Å². The number of nitrogens with one attached hydrogen (secondary N) is 1. The molecule has 2 N–H and O–H groups in total. The monoisotopic (exact) mass is 285 g/mol. The van der Waals surface area contributed by atoms with Gasteiger partial charge in [0.15, 0.2) is 11.5 Å². The van der Waals surface area contributed by atoms with Crippen LogP contribution >= 0.6 is 15.9 Å². The van der Waals surface area contributed by atoms with Crippen molar-refractivity contribution in [3.05, 3.63) is 22.2 Å². The van der Waals surface area contributed by atoms with Crippen LogP contribution in [-0.2, 0) is 0 Å². The van der Waals surface area contributed by atoms with Crippen LogP contribution in [-0.4, -0.2) is 18.8 Å². The van der Waals surface area contributed by atoms with Gasteiger partial charge in [0.05, 0.1) is 11.6 Å². The molecule has 1 atom stereocenters. The lowest BCUT2D eigenvalue weighted by molar-refractivity contribution is 0.353. The zero-order valence-corrected chi connectivity index (χ0v) is 10.9. The summed E-state index contributed by atoms with van der Waals surface area (Å²) < 4.78 is 5.97. The summed E-state index contributed by atoms with van der Waals surface area (Å²) in [5.74, 6) is 0.765. The molecule has 1 aliphatic heterocycles. The number of phenols is 1. The van der Waals surface area contributed by atoms with Crippen LogP contribution in [0.2, 0.25) is 0 Å². The van der Waals surface area contributed by atoms with Crippen LogP contribution in [0.25, 0.3) is 0 Å². The second kappa shape index (κ2) is 5.06. The Hall–Kier alpha value is -0.740.